The van der Waals surface area contributed by atoms with Crippen molar-refractivity contribution in [3.8, 4) is 0 Å². The van der Waals surface area contributed by atoms with Gasteiger partial charge in [-0.25, -0.2) is 0 Å². The van der Waals surface area contributed by atoms with Crippen molar-refractivity contribution in [3.05, 3.63) is 24.3 Å². The third-order valence-corrected chi connectivity index (χ3v) is 10.7. The van der Waals surface area contributed by atoms with Crippen LogP contribution < -0.4 is 4.89 Å². The molecule has 0 amide bonds. The van der Waals surface area contributed by atoms with Gasteiger partial charge in [0.15, 0.2) is 6.10 Å². The van der Waals surface area contributed by atoms with Gasteiger partial charge >= 0.3 is 11.9 Å². The molecule has 2 atom stereocenters. The highest BCUT2D eigenvalue weighted by Crippen LogP contribution is 2.38. The van der Waals surface area contributed by atoms with E-state index in [0.717, 1.165) is 64.2 Å². The van der Waals surface area contributed by atoms with Crippen molar-refractivity contribution in [1.29, 1.82) is 0 Å². The number of quaternary nitrogens is 1. The first-order valence-corrected chi connectivity index (χ1v) is 24.0. The summed E-state index contributed by atoms with van der Waals surface area (Å²) >= 11 is 0. The number of phosphoric acid groups is 1. The van der Waals surface area contributed by atoms with E-state index in [-0.39, 0.29) is 32.0 Å². The van der Waals surface area contributed by atoms with Gasteiger partial charge in [-0.15, -0.1) is 0 Å². The van der Waals surface area contributed by atoms with E-state index in [1.165, 1.54) is 103 Å². The monoisotopic (exact) mass is 800 g/mol. The molecule has 0 aliphatic heterocycles. The van der Waals surface area contributed by atoms with E-state index in [9.17, 15) is 19.0 Å². The van der Waals surface area contributed by atoms with Crippen LogP contribution in [0.4, 0.5) is 0 Å². The zero-order valence-electron chi connectivity index (χ0n) is 36.4. The molecule has 9 nitrogen and oxygen atoms in total. The lowest BCUT2D eigenvalue weighted by molar-refractivity contribution is -0.870. The Kier molecular flexibility index (Phi) is 37.0. The van der Waals surface area contributed by atoms with Gasteiger partial charge < -0.3 is 27.9 Å². The molecule has 0 bridgehead atoms. The number of allylic oxidation sites excluding steroid dienone is 4. The van der Waals surface area contributed by atoms with Crippen molar-refractivity contribution in [2.24, 2.45) is 0 Å². The second-order valence-corrected chi connectivity index (χ2v) is 17.8. The molecule has 0 aromatic rings. The van der Waals surface area contributed by atoms with Gasteiger partial charge in [-0.1, -0.05) is 173 Å². The first-order chi connectivity index (χ1) is 26.5. The quantitative estimate of drug-likeness (QED) is 0.0198. The predicted octanol–water partition coefficient (Wildman–Crippen LogP) is 12.1. The number of rotatable bonds is 41. The fourth-order valence-corrected chi connectivity index (χ4v) is 6.87. The van der Waals surface area contributed by atoms with Crippen LogP contribution in [0.2, 0.25) is 0 Å². The third-order valence-electron chi connectivity index (χ3n) is 9.72. The van der Waals surface area contributed by atoms with Crippen LogP contribution in [0.3, 0.4) is 0 Å². The number of ether oxygens (including phenoxy) is 2. The number of nitrogens with zero attached hydrogens (tertiary/aromatic N) is 1. The maximum absolute atomic E-state index is 12.7. The molecule has 0 aliphatic rings. The first-order valence-electron chi connectivity index (χ1n) is 22.5. The molecule has 0 saturated carbocycles. The maximum atomic E-state index is 12.7. The molecule has 10 heteroatoms. The van der Waals surface area contributed by atoms with Crippen LogP contribution in [0.25, 0.3) is 0 Å². The highest BCUT2D eigenvalue weighted by molar-refractivity contribution is 7.45. The van der Waals surface area contributed by atoms with Crippen molar-refractivity contribution < 1.29 is 42.1 Å². The van der Waals surface area contributed by atoms with E-state index >= 15 is 0 Å². The summed E-state index contributed by atoms with van der Waals surface area (Å²) in [5.74, 6) is -0.843. The summed E-state index contributed by atoms with van der Waals surface area (Å²) in [5, 5.41) is 0. The lowest BCUT2D eigenvalue weighted by atomic mass is 10.0. The minimum atomic E-state index is -4.62. The molecule has 1 unspecified atom stereocenters. The summed E-state index contributed by atoms with van der Waals surface area (Å²) in [5.41, 5.74) is 0. The summed E-state index contributed by atoms with van der Waals surface area (Å²) in [6.45, 7) is 4.19. The lowest BCUT2D eigenvalue weighted by Gasteiger charge is -2.28. The van der Waals surface area contributed by atoms with E-state index < -0.39 is 26.5 Å². The normalized spacial score (nSPS) is 13.8. The van der Waals surface area contributed by atoms with Gasteiger partial charge in [-0.3, -0.25) is 14.2 Å². The van der Waals surface area contributed by atoms with Gasteiger partial charge in [0.1, 0.15) is 19.8 Å². The maximum Gasteiger partial charge on any atom is 0.306 e. The summed E-state index contributed by atoms with van der Waals surface area (Å²) in [7, 11) is 1.16. The molecule has 0 N–H and O–H groups in total. The van der Waals surface area contributed by atoms with Crippen molar-refractivity contribution in [3.63, 3.8) is 0 Å². The van der Waals surface area contributed by atoms with E-state index in [4.69, 9.17) is 18.5 Å². The minimum Gasteiger partial charge on any atom is -0.756 e. The smallest absolute Gasteiger partial charge is 0.306 e. The van der Waals surface area contributed by atoms with E-state index in [1.54, 1.807) is 0 Å². The Hall–Kier alpha value is -1.51. The van der Waals surface area contributed by atoms with Crippen molar-refractivity contribution in [1.82, 2.24) is 0 Å². The Bertz CT molecular complexity index is 996. The molecular formula is C45H86NO8P. The van der Waals surface area contributed by atoms with Crippen LogP contribution in [0.1, 0.15) is 200 Å². The number of phosphoric ester groups is 1. The number of carbonyl (C=O) groups is 2. The fourth-order valence-electron chi connectivity index (χ4n) is 6.14. The second-order valence-electron chi connectivity index (χ2n) is 16.4. The number of esters is 2. The third kappa shape index (κ3) is 41.9. The largest absolute Gasteiger partial charge is 0.756 e. The Balaban J connectivity index is 4.32. The topological polar surface area (TPSA) is 111 Å². The first kappa shape index (κ1) is 53.5. The van der Waals surface area contributed by atoms with Gasteiger partial charge in [0, 0.05) is 12.8 Å². The average molecular weight is 800 g/mol. The molecule has 0 rings (SSSR count). The minimum absolute atomic E-state index is 0.0319. The number of likely N-dealkylation sites (N-methyl/N-ethyl adjacent to an activating group) is 1. The number of hydrogen-bond donors (Lipinski definition) is 0. The summed E-state index contributed by atoms with van der Waals surface area (Å²) in [4.78, 5) is 37.5. The Labute approximate surface area is 339 Å². The van der Waals surface area contributed by atoms with Gasteiger partial charge in [0.25, 0.3) is 7.82 Å². The van der Waals surface area contributed by atoms with E-state index in [1.807, 2.05) is 21.1 Å². The molecule has 324 valence electrons. The summed E-state index contributed by atoms with van der Waals surface area (Å²) in [6.07, 6.45) is 40.6. The molecule has 0 heterocycles. The number of unbranched alkanes of at least 4 members (excludes halogenated alkanes) is 23. The van der Waals surface area contributed by atoms with Crippen LogP contribution in [0, 0.1) is 0 Å². The van der Waals surface area contributed by atoms with Crippen LogP contribution in [-0.4, -0.2) is 70.0 Å². The van der Waals surface area contributed by atoms with Gasteiger partial charge in [0.05, 0.1) is 27.7 Å². The zero-order valence-corrected chi connectivity index (χ0v) is 37.3. The highest BCUT2D eigenvalue weighted by Gasteiger charge is 2.21. The Morgan fingerprint density at radius 2 is 1.00 bits per heavy atom. The molecule has 0 radical (unpaired) electrons. The SMILES string of the molecule is CCCC/C=C\C/C=C\CCCCCCCC(=O)O[C@H](COC(=O)CCCCCCCCCCCCCCCCCCC)COP(=O)([O-])OCC[N+](C)(C)C. The second kappa shape index (κ2) is 38.0. The van der Waals surface area contributed by atoms with Crippen molar-refractivity contribution in [2.45, 2.75) is 206 Å². The number of carbonyl (C=O) groups excluding carboxylic acids is 2. The molecule has 0 spiro atoms. The highest BCUT2D eigenvalue weighted by atomic mass is 31.2. The summed E-state index contributed by atoms with van der Waals surface area (Å²) < 4.78 is 33.9. The lowest BCUT2D eigenvalue weighted by Crippen LogP contribution is -2.37. The zero-order chi connectivity index (χ0) is 40.7. The van der Waals surface area contributed by atoms with Crippen LogP contribution in [0.15, 0.2) is 24.3 Å². The molecule has 55 heavy (non-hydrogen) atoms. The average Bonchev–Trinajstić information content (AvgIpc) is 3.13. The Morgan fingerprint density at radius 1 is 0.564 bits per heavy atom. The molecular weight excluding hydrogens is 713 g/mol. The number of hydrogen-bond acceptors (Lipinski definition) is 8. The van der Waals surface area contributed by atoms with Crippen LogP contribution in [0.5, 0.6) is 0 Å². The summed E-state index contributed by atoms with van der Waals surface area (Å²) in [6, 6.07) is 0. The van der Waals surface area contributed by atoms with E-state index in [0.29, 0.717) is 17.4 Å². The van der Waals surface area contributed by atoms with Crippen LogP contribution >= 0.6 is 7.82 Å². The van der Waals surface area contributed by atoms with Crippen molar-refractivity contribution in [2.75, 3.05) is 47.5 Å². The standard InChI is InChI=1S/C45H86NO8P/c1-6-8-10-12-14-16-18-20-22-23-24-26-27-29-31-33-35-37-44(47)51-41-43(42-53-55(49,50)52-40-39-46(3,4)5)54-45(48)38-36-34-32-30-28-25-21-19-17-15-13-11-9-7-2/h13,15,19,21,43H,6-12,14,16-18,20,22-42H2,1-5H3/b15-13-,21-19-/t43-/m1/s1. The van der Waals surface area contributed by atoms with Crippen molar-refractivity contribution >= 4 is 19.8 Å². The van der Waals surface area contributed by atoms with Gasteiger partial charge in [-0.05, 0) is 38.5 Å². The molecule has 0 aliphatic carbocycles. The van der Waals surface area contributed by atoms with Gasteiger partial charge in [0.2, 0.25) is 0 Å². The van der Waals surface area contributed by atoms with E-state index in [2.05, 4.69) is 38.2 Å². The molecule has 0 aromatic carbocycles. The van der Waals surface area contributed by atoms with Gasteiger partial charge in [-0.2, -0.15) is 0 Å². The fraction of sp³-hybridized carbons (Fsp3) is 0.867. The molecule has 0 aromatic heterocycles. The Morgan fingerprint density at radius 3 is 1.49 bits per heavy atom. The molecule has 0 fully saturated rings. The predicted molar refractivity (Wildman–Crippen MR) is 227 cm³/mol. The molecule has 0 saturated heterocycles. The van der Waals surface area contributed by atoms with Crippen LogP contribution in [-0.2, 0) is 32.7 Å².